The molecule has 9 heteroatoms. The van der Waals surface area contributed by atoms with Crippen LogP contribution in [0.15, 0.2) is 66.7 Å². The van der Waals surface area contributed by atoms with Crippen LogP contribution in [0.5, 0.6) is 0 Å². The molecule has 39 heavy (non-hydrogen) atoms. The number of amides is 3. The van der Waals surface area contributed by atoms with Crippen molar-refractivity contribution in [2.45, 2.75) is 20.3 Å². The number of carbonyl (C=O) groups is 3. The van der Waals surface area contributed by atoms with E-state index in [1.165, 1.54) is 36.4 Å². The van der Waals surface area contributed by atoms with Gasteiger partial charge >= 0.3 is 0 Å². The Morgan fingerprint density at radius 2 is 1.62 bits per heavy atom. The molecule has 0 saturated carbocycles. The van der Waals surface area contributed by atoms with E-state index in [1.807, 2.05) is 13.8 Å². The summed E-state index contributed by atoms with van der Waals surface area (Å²) >= 11 is 0. The molecule has 0 bridgehead atoms. The van der Waals surface area contributed by atoms with E-state index in [1.54, 1.807) is 40.1 Å². The average molecular weight is 535 g/mol. The number of nitrogens with zero attached hydrogens (tertiary/aromatic N) is 3. The van der Waals surface area contributed by atoms with Gasteiger partial charge in [0, 0.05) is 56.2 Å². The van der Waals surface area contributed by atoms with Gasteiger partial charge in [0.05, 0.1) is 11.1 Å². The summed E-state index contributed by atoms with van der Waals surface area (Å²) in [6.45, 7) is 6.79. The minimum atomic E-state index is -0.632. The number of rotatable bonds is 7. The maximum atomic E-state index is 14.1. The molecule has 3 aromatic rings. The lowest BCUT2D eigenvalue weighted by molar-refractivity contribution is 0.0760. The van der Waals surface area contributed by atoms with Crippen LogP contribution in [0.25, 0.3) is 0 Å². The fourth-order valence-corrected chi connectivity index (χ4v) is 4.75. The fourth-order valence-electron chi connectivity index (χ4n) is 4.75. The highest BCUT2D eigenvalue weighted by Crippen LogP contribution is 2.28. The van der Waals surface area contributed by atoms with Crippen molar-refractivity contribution in [3.8, 4) is 0 Å². The third-order valence-electron chi connectivity index (χ3n) is 6.85. The maximum absolute atomic E-state index is 14.1. The summed E-state index contributed by atoms with van der Waals surface area (Å²) in [5.41, 5.74) is 1.69. The Morgan fingerprint density at radius 1 is 0.846 bits per heavy atom. The van der Waals surface area contributed by atoms with Gasteiger partial charge in [-0.1, -0.05) is 18.2 Å². The van der Waals surface area contributed by atoms with Gasteiger partial charge in [-0.15, -0.1) is 0 Å². The molecule has 0 spiro atoms. The van der Waals surface area contributed by atoms with Crippen LogP contribution in [0.4, 0.5) is 20.2 Å². The molecule has 3 aromatic carbocycles. The van der Waals surface area contributed by atoms with Gasteiger partial charge < -0.3 is 20.0 Å². The number of benzene rings is 3. The van der Waals surface area contributed by atoms with Crippen LogP contribution in [-0.2, 0) is 0 Å². The minimum absolute atomic E-state index is 0.0891. The molecule has 1 fully saturated rings. The summed E-state index contributed by atoms with van der Waals surface area (Å²) in [5, 5.41) is 2.70. The molecule has 1 saturated heterocycles. The van der Waals surface area contributed by atoms with Crippen LogP contribution < -0.4 is 10.2 Å². The average Bonchev–Trinajstić information content (AvgIpc) is 3.20. The van der Waals surface area contributed by atoms with Crippen molar-refractivity contribution in [1.29, 1.82) is 0 Å². The smallest absolute Gasteiger partial charge is 0.258 e. The Kier molecular flexibility index (Phi) is 8.91. The standard InChI is InChI=1S/C30H32F2N4O3/c1-3-34(4-2)30(39)25-20-23(33-28(37)24-11-5-6-12-26(24)32)13-14-27(25)35-15-8-16-36(18-17-35)29(38)21-9-7-10-22(31)19-21/h5-7,9-14,19-20H,3-4,8,15-18H2,1-2H3,(H,33,37). The molecule has 1 N–H and O–H groups in total. The predicted octanol–water partition coefficient (Wildman–Crippen LogP) is 5.05. The van der Waals surface area contributed by atoms with Gasteiger partial charge in [-0.25, -0.2) is 8.78 Å². The van der Waals surface area contributed by atoms with Crippen LogP contribution in [0.3, 0.4) is 0 Å². The Morgan fingerprint density at radius 3 is 2.33 bits per heavy atom. The van der Waals surface area contributed by atoms with Gasteiger partial charge in [0.1, 0.15) is 11.6 Å². The lowest BCUT2D eigenvalue weighted by Gasteiger charge is -2.28. The molecule has 204 valence electrons. The molecule has 3 amide bonds. The Bertz CT molecular complexity index is 1360. The van der Waals surface area contributed by atoms with Crippen LogP contribution in [0.1, 0.15) is 51.3 Å². The molecule has 0 radical (unpaired) electrons. The predicted molar refractivity (Wildman–Crippen MR) is 147 cm³/mol. The second-order valence-corrected chi connectivity index (χ2v) is 9.29. The monoisotopic (exact) mass is 534 g/mol. The molecule has 0 atom stereocenters. The van der Waals surface area contributed by atoms with E-state index in [2.05, 4.69) is 10.2 Å². The van der Waals surface area contributed by atoms with E-state index < -0.39 is 17.5 Å². The number of carbonyl (C=O) groups excluding carboxylic acids is 3. The summed E-state index contributed by atoms with van der Waals surface area (Å²) in [6.07, 6.45) is 0.658. The first-order valence-corrected chi connectivity index (χ1v) is 13.1. The molecule has 0 unspecified atom stereocenters. The second kappa shape index (κ2) is 12.5. The van der Waals surface area contributed by atoms with Gasteiger partial charge in [-0.2, -0.15) is 0 Å². The van der Waals surface area contributed by atoms with Crippen molar-refractivity contribution >= 4 is 29.1 Å². The number of hydrogen-bond donors (Lipinski definition) is 1. The maximum Gasteiger partial charge on any atom is 0.258 e. The summed E-state index contributed by atoms with van der Waals surface area (Å²) in [7, 11) is 0. The van der Waals surface area contributed by atoms with E-state index in [-0.39, 0.29) is 17.4 Å². The van der Waals surface area contributed by atoms with E-state index in [0.29, 0.717) is 68.2 Å². The zero-order chi connectivity index (χ0) is 27.9. The van der Waals surface area contributed by atoms with E-state index >= 15 is 0 Å². The van der Waals surface area contributed by atoms with Crippen molar-refractivity contribution in [2.75, 3.05) is 49.5 Å². The van der Waals surface area contributed by atoms with Crippen molar-refractivity contribution in [3.63, 3.8) is 0 Å². The van der Waals surface area contributed by atoms with Crippen LogP contribution in [0.2, 0.25) is 0 Å². The highest BCUT2D eigenvalue weighted by Gasteiger charge is 2.25. The lowest BCUT2D eigenvalue weighted by atomic mass is 10.1. The number of hydrogen-bond acceptors (Lipinski definition) is 4. The second-order valence-electron chi connectivity index (χ2n) is 9.29. The lowest BCUT2D eigenvalue weighted by Crippen LogP contribution is -2.36. The normalized spacial score (nSPS) is 13.5. The topological polar surface area (TPSA) is 73.0 Å². The van der Waals surface area contributed by atoms with Crippen LogP contribution >= 0.6 is 0 Å². The molecule has 7 nitrogen and oxygen atoms in total. The molecule has 1 aliphatic heterocycles. The van der Waals surface area contributed by atoms with Crippen molar-refractivity contribution < 1.29 is 23.2 Å². The molecule has 1 aliphatic rings. The molecule has 0 aliphatic carbocycles. The molecule has 4 rings (SSSR count). The SMILES string of the molecule is CCN(CC)C(=O)c1cc(NC(=O)c2ccccc2F)ccc1N1CCCN(C(=O)c2cccc(F)c2)CC1. The van der Waals surface area contributed by atoms with E-state index in [9.17, 15) is 23.2 Å². The fraction of sp³-hybridized carbons (Fsp3) is 0.300. The highest BCUT2D eigenvalue weighted by molar-refractivity contribution is 6.06. The van der Waals surface area contributed by atoms with Crippen LogP contribution in [0, 0.1) is 11.6 Å². The minimum Gasteiger partial charge on any atom is -0.369 e. The van der Waals surface area contributed by atoms with Gasteiger partial charge in [0.25, 0.3) is 17.7 Å². The Hall–Kier alpha value is -4.27. The van der Waals surface area contributed by atoms with Crippen molar-refractivity contribution in [1.82, 2.24) is 9.80 Å². The number of nitrogens with one attached hydrogen (secondary N) is 1. The van der Waals surface area contributed by atoms with E-state index in [0.717, 1.165) is 0 Å². The molecule has 0 aromatic heterocycles. The zero-order valence-corrected chi connectivity index (χ0v) is 22.1. The third-order valence-corrected chi connectivity index (χ3v) is 6.85. The first kappa shape index (κ1) is 27.8. The molecule has 1 heterocycles. The van der Waals surface area contributed by atoms with Gasteiger partial charge in [-0.3, -0.25) is 14.4 Å². The summed E-state index contributed by atoms with van der Waals surface area (Å²) in [6, 6.07) is 16.4. The largest absolute Gasteiger partial charge is 0.369 e. The molecular formula is C30H32F2N4O3. The van der Waals surface area contributed by atoms with Crippen molar-refractivity contribution in [3.05, 3.63) is 95.1 Å². The summed E-state index contributed by atoms with van der Waals surface area (Å²) in [4.78, 5) is 44.7. The Balaban J connectivity index is 1.59. The summed E-state index contributed by atoms with van der Waals surface area (Å²) < 4.78 is 27.8. The van der Waals surface area contributed by atoms with Crippen LogP contribution in [-0.4, -0.2) is 66.8 Å². The highest BCUT2D eigenvalue weighted by atomic mass is 19.1. The number of anilines is 2. The van der Waals surface area contributed by atoms with Crippen molar-refractivity contribution in [2.24, 2.45) is 0 Å². The van der Waals surface area contributed by atoms with Gasteiger partial charge in [-0.05, 0) is 68.8 Å². The molecular weight excluding hydrogens is 502 g/mol. The summed E-state index contributed by atoms with van der Waals surface area (Å²) in [5.74, 6) is -2.12. The zero-order valence-electron chi connectivity index (χ0n) is 22.1. The third kappa shape index (κ3) is 6.42. The first-order chi connectivity index (χ1) is 18.8. The Labute approximate surface area is 227 Å². The van der Waals surface area contributed by atoms with Gasteiger partial charge in [0.15, 0.2) is 0 Å². The van der Waals surface area contributed by atoms with Gasteiger partial charge in [0.2, 0.25) is 0 Å². The van der Waals surface area contributed by atoms with E-state index in [4.69, 9.17) is 0 Å². The number of halogens is 2. The quantitative estimate of drug-likeness (QED) is 0.461. The first-order valence-electron chi connectivity index (χ1n) is 13.1.